The summed E-state index contributed by atoms with van der Waals surface area (Å²) in [7, 11) is 0. The van der Waals surface area contributed by atoms with E-state index in [1.165, 1.54) is 0 Å². The van der Waals surface area contributed by atoms with Crippen LogP contribution in [0.3, 0.4) is 0 Å². The van der Waals surface area contributed by atoms with Crippen LogP contribution in [0, 0.1) is 3.57 Å². The van der Waals surface area contributed by atoms with E-state index < -0.39 is 0 Å². The zero-order chi connectivity index (χ0) is 9.97. The Hall–Kier alpha value is -0.610. The van der Waals surface area contributed by atoms with Crippen molar-refractivity contribution in [3.05, 3.63) is 51.3 Å². The molecule has 0 radical (unpaired) electrons. The lowest BCUT2D eigenvalue weighted by molar-refractivity contribution is 1.31. The first kappa shape index (κ1) is 9.93. The Morgan fingerprint density at radius 1 is 1.14 bits per heavy atom. The molecule has 0 unspecified atom stereocenters. The molecule has 0 aliphatic carbocycles. The molecule has 1 aromatic carbocycles. The number of nitrogens with zero attached hydrogens (tertiary/aromatic N) is 1. The predicted molar refractivity (Wildman–Crippen MR) is 67.4 cm³/mol. The van der Waals surface area contributed by atoms with Gasteiger partial charge in [-0.1, -0.05) is 41.9 Å². The minimum atomic E-state index is 0.552. The first-order chi connectivity index (χ1) is 6.77. The highest BCUT2D eigenvalue weighted by Crippen LogP contribution is 2.26. The molecule has 3 heteroatoms. The van der Waals surface area contributed by atoms with Gasteiger partial charge in [0, 0.05) is 15.3 Å². The van der Waals surface area contributed by atoms with Crippen LogP contribution in [0.1, 0.15) is 0 Å². The zero-order valence-corrected chi connectivity index (χ0v) is 10.2. The molecule has 1 nitrogen and oxygen atoms in total. The second kappa shape index (κ2) is 4.28. The first-order valence-electron chi connectivity index (χ1n) is 4.14. The van der Waals surface area contributed by atoms with Gasteiger partial charge in [0.1, 0.15) is 5.15 Å². The van der Waals surface area contributed by atoms with Crippen molar-refractivity contribution in [2.24, 2.45) is 0 Å². The van der Waals surface area contributed by atoms with Gasteiger partial charge in [-0.3, -0.25) is 0 Å². The van der Waals surface area contributed by atoms with Crippen LogP contribution < -0.4 is 0 Å². The van der Waals surface area contributed by atoms with E-state index in [4.69, 9.17) is 11.6 Å². The zero-order valence-electron chi connectivity index (χ0n) is 7.24. The molecule has 0 atom stereocenters. The maximum atomic E-state index is 6.02. The Morgan fingerprint density at radius 2 is 1.86 bits per heavy atom. The van der Waals surface area contributed by atoms with Gasteiger partial charge >= 0.3 is 0 Å². The van der Waals surface area contributed by atoms with Crippen LogP contribution in [0.15, 0.2) is 42.6 Å². The smallest absolute Gasteiger partial charge is 0.136 e. The highest BCUT2D eigenvalue weighted by Gasteiger charge is 2.04. The number of hydrogen-bond acceptors (Lipinski definition) is 1. The summed E-state index contributed by atoms with van der Waals surface area (Å²) in [6.45, 7) is 0. The second-order valence-corrected chi connectivity index (χ2v) is 4.46. The van der Waals surface area contributed by atoms with Gasteiger partial charge in [0.2, 0.25) is 0 Å². The Morgan fingerprint density at radius 3 is 2.57 bits per heavy atom. The Labute approximate surface area is 101 Å². The lowest BCUT2D eigenvalue weighted by Gasteiger charge is -2.03. The summed E-state index contributed by atoms with van der Waals surface area (Å²) in [4.78, 5) is 4.11. The topological polar surface area (TPSA) is 12.9 Å². The number of rotatable bonds is 1. The molecular weight excluding hydrogens is 308 g/mol. The molecule has 0 aliphatic heterocycles. The molecule has 2 aromatic rings. The third-order valence-electron chi connectivity index (χ3n) is 1.89. The summed E-state index contributed by atoms with van der Waals surface area (Å²) >= 11 is 8.24. The van der Waals surface area contributed by atoms with E-state index in [-0.39, 0.29) is 0 Å². The average molecular weight is 316 g/mol. The molecule has 0 saturated heterocycles. The fraction of sp³-hybridized carbons (Fsp3) is 0. The maximum absolute atomic E-state index is 6.02. The van der Waals surface area contributed by atoms with Gasteiger partial charge in [-0.15, -0.1) is 0 Å². The van der Waals surface area contributed by atoms with Crippen molar-refractivity contribution in [1.29, 1.82) is 0 Å². The lowest BCUT2D eigenvalue weighted by Crippen LogP contribution is -1.84. The van der Waals surface area contributed by atoms with E-state index in [1.54, 1.807) is 6.20 Å². The molecule has 0 saturated carbocycles. The molecule has 0 aliphatic rings. The molecule has 0 bridgehead atoms. The molecule has 1 heterocycles. The molecule has 14 heavy (non-hydrogen) atoms. The SMILES string of the molecule is Clc1ncc(I)cc1-c1ccccc1. The van der Waals surface area contributed by atoms with Gasteiger partial charge in [0.05, 0.1) is 0 Å². The predicted octanol–water partition coefficient (Wildman–Crippen LogP) is 4.01. The van der Waals surface area contributed by atoms with E-state index in [0.29, 0.717) is 5.15 Å². The molecular formula is C11H7ClIN. The maximum Gasteiger partial charge on any atom is 0.136 e. The van der Waals surface area contributed by atoms with Crippen LogP contribution in [0.25, 0.3) is 11.1 Å². The van der Waals surface area contributed by atoms with E-state index in [9.17, 15) is 0 Å². The van der Waals surface area contributed by atoms with Crippen molar-refractivity contribution in [3.63, 3.8) is 0 Å². The van der Waals surface area contributed by atoms with Crippen LogP contribution in [-0.2, 0) is 0 Å². The van der Waals surface area contributed by atoms with Crippen molar-refractivity contribution in [1.82, 2.24) is 4.98 Å². The molecule has 0 N–H and O–H groups in total. The third kappa shape index (κ3) is 2.07. The summed E-state index contributed by atoms with van der Waals surface area (Å²) in [5, 5.41) is 0.552. The minimum absolute atomic E-state index is 0.552. The first-order valence-corrected chi connectivity index (χ1v) is 5.59. The summed E-state index contributed by atoms with van der Waals surface area (Å²) < 4.78 is 1.09. The Bertz CT molecular complexity index is 442. The standard InChI is InChI=1S/C11H7ClIN/c12-11-10(6-9(13)7-14-11)8-4-2-1-3-5-8/h1-7H. The van der Waals surface area contributed by atoms with E-state index in [0.717, 1.165) is 14.7 Å². The number of hydrogen-bond donors (Lipinski definition) is 0. The van der Waals surface area contributed by atoms with Crippen molar-refractivity contribution in [2.75, 3.05) is 0 Å². The molecule has 0 fully saturated rings. The summed E-state index contributed by atoms with van der Waals surface area (Å²) in [6.07, 6.45) is 1.76. The van der Waals surface area contributed by atoms with E-state index >= 15 is 0 Å². The number of halogens is 2. The van der Waals surface area contributed by atoms with Crippen LogP contribution in [0.4, 0.5) is 0 Å². The highest BCUT2D eigenvalue weighted by molar-refractivity contribution is 14.1. The van der Waals surface area contributed by atoms with Crippen molar-refractivity contribution < 1.29 is 0 Å². The van der Waals surface area contributed by atoms with Gasteiger partial charge in [0.15, 0.2) is 0 Å². The van der Waals surface area contributed by atoms with E-state index in [2.05, 4.69) is 27.6 Å². The number of benzene rings is 1. The second-order valence-electron chi connectivity index (χ2n) is 2.86. The fourth-order valence-electron chi connectivity index (χ4n) is 1.24. The molecule has 70 valence electrons. The van der Waals surface area contributed by atoms with Gasteiger partial charge in [-0.2, -0.15) is 0 Å². The molecule has 1 aromatic heterocycles. The van der Waals surface area contributed by atoms with Crippen LogP contribution in [0.5, 0.6) is 0 Å². The van der Waals surface area contributed by atoms with Gasteiger partial charge in [-0.25, -0.2) is 4.98 Å². The molecule has 2 rings (SSSR count). The van der Waals surface area contributed by atoms with Gasteiger partial charge < -0.3 is 0 Å². The molecule has 0 spiro atoms. The monoisotopic (exact) mass is 315 g/mol. The van der Waals surface area contributed by atoms with Crippen molar-refractivity contribution >= 4 is 34.2 Å². The number of aromatic nitrogens is 1. The summed E-state index contributed by atoms with van der Waals surface area (Å²) in [6, 6.07) is 12.1. The summed E-state index contributed by atoms with van der Waals surface area (Å²) in [5.74, 6) is 0. The molecule has 0 amide bonds. The van der Waals surface area contributed by atoms with Crippen LogP contribution in [-0.4, -0.2) is 4.98 Å². The quantitative estimate of drug-likeness (QED) is 0.572. The van der Waals surface area contributed by atoms with Gasteiger partial charge in [-0.05, 0) is 34.2 Å². The number of pyridine rings is 1. The minimum Gasteiger partial charge on any atom is -0.243 e. The fourth-order valence-corrected chi connectivity index (χ4v) is 1.91. The van der Waals surface area contributed by atoms with E-state index in [1.807, 2.05) is 36.4 Å². The highest BCUT2D eigenvalue weighted by atomic mass is 127. The third-order valence-corrected chi connectivity index (χ3v) is 2.78. The average Bonchev–Trinajstić information content (AvgIpc) is 2.23. The largest absolute Gasteiger partial charge is 0.243 e. The van der Waals surface area contributed by atoms with Crippen molar-refractivity contribution in [3.8, 4) is 11.1 Å². The normalized spacial score (nSPS) is 10.1. The van der Waals surface area contributed by atoms with Crippen LogP contribution in [0.2, 0.25) is 5.15 Å². The Balaban J connectivity index is 2.57. The summed E-state index contributed by atoms with van der Waals surface area (Å²) in [5.41, 5.74) is 2.09. The van der Waals surface area contributed by atoms with Crippen LogP contribution >= 0.6 is 34.2 Å². The lowest BCUT2D eigenvalue weighted by atomic mass is 10.1. The van der Waals surface area contributed by atoms with Gasteiger partial charge in [0.25, 0.3) is 0 Å². The Kier molecular flexibility index (Phi) is 3.03. The van der Waals surface area contributed by atoms with Crippen molar-refractivity contribution in [2.45, 2.75) is 0 Å².